The van der Waals surface area contributed by atoms with E-state index < -0.39 is 11.9 Å². The molecule has 0 aliphatic heterocycles. The lowest BCUT2D eigenvalue weighted by atomic mass is 9.82. The van der Waals surface area contributed by atoms with Gasteiger partial charge in [0.2, 0.25) is 0 Å². The predicted molar refractivity (Wildman–Crippen MR) is 294 cm³/mol. The van der Waals surface area contributed by atoms with Crippen molar-refractivity contribution in [3.63, 3.8) is 0 Å². The Morgan fingerprint density at radius 3 is 1.66 bits per heavy atom. The second kappa shape index (κ2) is 23.9. The number of anilines is 5. The van der Waals surface area contributed by atoms with Crippen molar-refractivity contribution in [2.24, 2.45) is 0 Å². The van der Waals surface area contributed by atoms with Crippen LogP contribution in [0.15, 0.2) is 121 Å². The van der Waals surface area contributed by atoms with E-state index in [-0.39, 0.29) is 49.4 Å². The van der Waals surface area contributed by atoms with Gasteiger partial charge >= 0.3 is 11.9 Å². The third kappa shape index (κ3) is 12.6. The lowest BCUT2D eigenvalue weighted by Gasteiger charge is -2.33. The highest BCUT2D eigenvalue weighted by atomic mass is 16.5. The number of benzene rings is 6. The highest BCUT2D eigenvalue weighted by Crippen LogP contribution is 2.42. The van der Waals surface area contributed by atoms with E-state index in [1.807, 2.05) is 0 Å². The molecule has 1 fully saturated rings. The van der Waals surface area contributed by atoms with Gasteiger partial charge in [-0.3, -0.25) is 9.59 Å². The van der Waals surface area contributed by atoms with Gasteiger partial charge in [-0.1, -0.05) is 74.4 Å². The first kappa shape index (κ1) is 52.0. The van der Waals surface area contributed by atoms with Crippen molar-refractivity contribution in [1.29, 1.82) is 0 Å². The molecule has 0 radical (unpaired) electrons. The number of ether oxygens (including phenoxy) is 2. The minimum atomic E-state index is -0.527. The van der Waals surface area contributed by atoms with E-state index in [1.54, 1.807) is 6.92 Å². The van der Waals surface area contributed by atoms with E-state index in [0.29, 0.717) is 0 Å². The highest BCUT2D eigenvalue weighted by Gasteiger charge is 2.31. The van der Waals surface area contributed by atoms with E-state index in [9.17, 15) is 14.4 Å². The van der Waals surface area contributed by atoms with Crippen LogP contribution in [0.2, 0.25) is 0 Å². The van der Waals surface area contributed by atoms with Gasteiger partial charge in [0.1, 0.15) is 11.9 Å². The fourth-order valence-corrected chi connectivity index (χ4v) is 10.7. The van der Waals surface area contributed by atoms with Gasteiger partial charge in [-0.25, -0.2) is 4.79 Å². The average molecular weight is 953 g/mol. The number of hydrogen-bond donors (Lipinski definition) is 1. The van der Waals surface area contributed by atoms with Crippen LogP contribution in [0.3, 0.4) is 0 Å². The van der Waals surface area contributed by atoms with Crippen LogP contribution in [0, 0.1) is 47.5 Å². The molecule has 71 heavy (non-hydrogen) atoms. The van der Waals surface area contributed by atoms with Crippen LogP contribution in [0.4, 0.5) is 28.4 Å². The Hall–Kier alpha value is -6.80. The van der Waals surface area contributed by atoms with Gasteiger partial charge in [0.05, 0.1) is 58.7 Å². The van der Waals surface area contributed by atoms with Crippen molar-refractivity contribution >= 4 is 56.9 Å². The zero-order valence-corrected chi connectivity index (χ0v) is 43.7. The van der Waals surface area contributed by atoms with Gasteiger partial charge in [0, 0.05) is 53.7 Å². The van der Waals surface area contributed by atoms with Crippen molar-refractivity contribution in [3.8, 4) is 0 Å². The summed E-state index contributed by atoms with van der Waals surface area (Å²) in [4.78, 5) is 42.4. The number of Topliss-reactive ketones (excluding diaryl/α,β-unsaturated/α-hetero) is 1. The fraction of sp³-hybridized carbons (Fsp3) is 0.365. The molecule has 0 spiro atoms. The summed E-state index contributed by atoms with van der Waals surface area (Å²) in [6.07, 6.45) is 5.35. The third-order valence-corrected chi connectivity index (χ3v) is 13.7. The van der Waals surface area contributed by atoms with Crippen LogP contribution in [-0.2, 0) is 23.9 Å². The Morgan fingerprint density at radius 2 is 1.15 bits per heavy atom. The summed E-state index contributed by atoms with van der Waals surface area (Å²) in [6, 6.07) is 40.3. The first-order valence-corrected chi connectivity index (χ1v) is 25.8. The molecule has 0 heterocycles. The quantitative estimate of drug-likeness (QED) is 0.0330. The summed E-state index contributed by atoms with van der Waals surface area (Å²) < 4.78 is 11.2. The Morgan fingerprint density at radius 1 is 0.648 bits per heavy atom. The van der Waals surface area contributed by atoms with Crippen molar-refractivity contribution in [2.75, 3.05) is 34.8 Å². The summed E-state index contributed by atoms with van der Waals surface area (Å²) in [5, 5.41) is 6.04. The Labute approximate surface area is 423 Å². The highest BCUT2D eigenvalue weighted by molar-refractivity contribution is 5.98. The molecule has 2 atom stereocenters. The molecule has 1 saturated carbocycles. The Bertz CT molecular complexity index is 2690. The molecule has 7 rings (SSSR count). The molecule has 0 amide bonds. The van der Waals surface area contributed by atoms with Crippen LogP contribution >= 0.6 is 0 Å². The topological polar surface area (TPSA) is 88.2 Å². The van der Waals surface area contributed by atoms with E-state index in [0.717, 1.165) is 90.7 Å². The minimum Gasteiger partial charge on any atom is -0.462 e. The average Bonchev–Trinajstić information content (AvgIpc) is 3.34. The summed E-state index contributed by atoms with van der Waals surface area (Å²) in [6.45, 7) is 24.6. The summed E-state index contributed by atoms with van der Waals surface area (Å²) in [5.74, 6) is 0.0759. The number of hydrogen-bond acceptors (Lipinski definition) is 8. The van der Waals surface area contributed by atoms with E-state index in [1.165, 1.54) is 56.1 Å². The maximum atomic E-state index is 13.2. The molecule has 2 unspecified atom stereocenters. The number of ketones is 1. The SMILES string of the molecule is C=C(C)C(=O)OCCC(=O)CCC(=O)OC1CCCCC1Nc1ccc([C+](c2ccc(N(CCC)c3c(C)cc(C)cc3C)cc2)c2ccc(N(CCC)c3c(C)cc(C)cc3C)cc2)c2ccccc12. The molecular weight excluding hydrogens is 879 g/mol. The van der Waals surface area contributed by atoms with Gasteiger partial charge < -0.3 is 24.6 Å². The molecule has 0 bridgehead atoms. The minimum absolute atomic E-state index is 0.0155. The van der Waals surface area contributed by atoms with Crippen molar-refractivity contribution in [2.45, 2.75) is 132 Å². The lowest BCUT2D eigenvalue weighted by Crippen LogP contribution is -2.39. The van der Waals surface area contributed by atoms with Gasteiger partial charge in [0.25, 0.3) is 0 Å². The molecule has 8 heteroatoms. The van der Waals surface area contributed by atoms with Crippen LogP contribution in [0.25, 0.3) is 10.8 Å². The number of esters is 2. The van der Waals surface area contributed by atoms with Crippen molar-refractivity contribution in [3.05, 3.63) is 177 Å². The standard InChI is InChI=1S/C63H74N3O5/c1-11-34-65(61-44(7)37-42(5)38-45(61)8)50-25-21-48(22-26-50)60(49-23-27-51(28-24-49)66(35-12-2)62-46(9)39-43(6)40-47(62)10)55-30-31-56(54-18-14-13-17-53(54)55)64-57-19-15-16-20-58(57)71-59(68)32-29-52(67)33-36-70-63(69)41(3)4/h13-14,17-18,21-28,30-31,37-40,57-58,64H,3,11-12,15-16,19-20,29,32-36H2,1-2,4-10H3/q+1. The molecule has 1 N–H and O–H groups in total. The zero-order chi connectivity index (χ0) is 50.8. The van der Waals surface area contributed by atoms with Gasteiger partial charge in [0.15, 0.2) is 0 Å². The molecule has 370 valence electrons. The van der Waals surface area contributed by atoms with E-state index in [4.69, 9.17) is 9.47 Å². The van der Waals surface area contributed by atoms with Crippen molar-refractivity contribution < 1.29 is 23.9 Å². The van der Waals surface area contributed by atoms with Crippen LogP contribution in [-0.4, -0.2) is 49.6 Å². The first-order valence-electron chi connectivity index (χ1n) is 25.8. The number of carbonyl (C=O) groups excluding carboxylic acids is 3. The molecular formula is C63H74N3O5+. The van der Waals surface area contributed by atoms with Crippen LogP contribution < -0.4 is 15.1 Å². The van der Waals surface area contributed by atoms with Crippen molar-refractivity contribution in [1.82, 2.24) is 0 Å². The number of nitrogens with zero attached hydrogens (tertiary/aromatic N) is 2. The monoisotopic (exact) mass is 953 g/mol. The summed E-state index contributed by atoms with van der Waals surface area (Å²) >= 11 is 0. The number of fused-ring (bicyclic) bond motifs is 1. The second-order valence-electron chi connectivity index (χ2n) is 19.7. The second-order valence-corrected chi connectivity index (χ2v) is 19.7. The molecule has 1 aliphatic rings. The molecule has 6 aromatic carbocycles. The third-order valence-electron chi connectivity index (χ3n) is 13.7. The maximum absolute atomic E-state index is 13.2. The largest absolute Gasteiger partial charge is 0.462 e. The molecule has 1 aliphatic carbocycles. The lowest BCUT2D eigenvalue weighted by molar-refractivity contribution is -0.152. The Kier molecular flexibility index (Phi) is 17.5. The van der Waals surface area contributed by atoms with Crippen LogP contribution in [0.1, 0.15) is 129 Å². The number of rotatable bonds is 21. The van der Waals surface area contributed by atoms with Crippen LogP contribution in [0.5, 0.6) is 0 Å². The molecule has 6 aromatic rings. The van der Waals surface area contributed by atoms with Gasteiger partial charge in [-0.2, -0.15) is 0 Å². The molecule has 0 aromatic heterocycles. The summed E-state index contributed by atoms with van der Waals surface area (Å²) in [5.41, 5.74) is 17.2. The summed E-state index contributed by atoms with van der Waals surface area (Å²) in [7, 11) is 0. The number of aryl methyl sites for hydroxylation is 6. The normalized spacial score (nSPS) is 14.4. The van der Waals surface area contributed by atoms with E-state index in [2.05, 4.69) is 186 Å². The molecule has 8 nitrogen and oxygen atoms in total. The van der Waals surface area contributed by atoms with E-state index >= 15 is 0 Å². The molecule has 0 saturated heterocycles. The number of carbonyl (C=O) groups is 3. The number of nitrogens with one attached hydrogen (secondary N) is 1. The predicted octanol–water partition coefficient (Wildman–Crippen LogP) is 14.9. The zero-order valence-electron chi connectivity index (χ0n) is 43.7. The first-order chi connectivity index (χ1) is 34.2. The van der Waals surface area contributed by atoms with Gasteiger partial charge in [-0.15, -0.1) is 0 Å². The van der Waals surface area contributed by atoms with Gasteiger partial charge in [-0.05, 0) is 176 Å². The Balaban J connectivity index is 1.22. The fourth-order valence-electron chi connectivity index (χ4n) is 10.7. The maximum Gasteiger partial charge on any atom is 0.333 e. The smallest absolute Gasteiger partial charge is 0.333 e.